The van der Waals surface area contributed by atoms with Gasteiger partial charge in [-0.25, -0.2) is 9.97 Å². The summed E-state index contributed by atoms with van der Waals surface area (Å²) in [6.45, 7) is 0.949. The third-order valence-corrected chi connectivity index (χ3v) is 4.93. The van der Waals surface area contributed by atoms with Crippen LogP contribution in [0.15, 0.2) is 30.6 Å². The van der Waals surface area contributed by atoms with Gasteiger partial charge in [0, 0.05) is 18.4 Å². The number of benzene rings is 1. The van der Waals surface area contributed by atoms with Crippen molar-refractivity contribution in [3.05, 3.63) is 36.2 Å². The first kappa shape index (κ1) is 18.3. The highest BCUT2D eigenvalue weighted by atomic mass is 16.6. The van der Waals surface area contributed by atoms with E-state index in [0.717, 1.165) is 25.7 Å². The van der Waals surface area contributed by atoms with Crippen LogP contribution in [0.5, 0.6) is 23.3 Å². The summed E-state index contributed by atoms with van der Waals surface area (Å²) in [5, 5.41) is 3.11. The second kappa shape index (κ2) is 8.33. The summed E-state index contributed by atoms with van der Waals surface area (Å²) in [6.07, 6.45) is 6.45. The van der Waals surface area contributed by atoms with E-state index in [0.29, 0.717) is 42.0 Å². The Balaban J connectivity index is 1.33. The van der Waals surface area contributed by atoms with Crippen molar-refractivity contribution in [2.45, 2.75) is 37.8 Å². The predicted molar refractivity (Wildman–Crippen MR) is 100 cm³/mol. The minimum atomic E-state index is -0.137. The van der Waals surface area contributed by atoms with Crippen LogP contribution in [0.3, 0.4) is 0 Å². The zero-order chi connectivity index (χ0) is 19.3. The predicted octanol–water partition coefficient (Wildman–Crippen LogP) is 2.38. The third-order valence-electron chi connectivity index (χ3n) is 4.93. The van der Waals surface area contributed by atoms with E-state index in [2.05, 4.69) is 15.3 Å². The van der Waals surface area contributed by atoms with Crippen LogP contribution in [-0.2, 0) is 0 Å². The van der Waals surface area contributed by atoms with Gasteiger partial charge in [0.15, 0.2) is 11.5 Å². The van der Waals surface area contributed by atoms with E-state index in [1.165, 1.54) is 0 Å². The highest BCUT2D eigenvalue weighted by Gasteiger charge is 2.27. The number of rotatable bonds is 5. The molecule has 1 N–H and O–H groups in total. The number of aromatic nitrogens is 2. The standard InChI is InChI=1S/C20H23N3O5/c1-25-19-20(22-10-9-21-19)28-14-7-5-13(6-8-14)23-18(24)15-3-2-4-16-17(15)27-12-11-26-16/h2-4,9-10,13-14H,5-8,11-12H2,1H3,(H,23,24). The number of carbonyl (C=O) groups excluding carboxylic acids is 1. The fourth-order valence-electron chi connectivity index (χ4n) is 3.53. The maximum atomic E-state index is 12.7. The number of hydrogen-bond acceptors (Lipinski definition) is 7. The Hall–Kier alpha value is -3.03. The van der Waals surface area contributed by atoms with Gasteiger partial charge >= 0.3 is 0 Å². The van der Waals surface area contributed by atoms with Crippen molar-refractivity contribution >= 4 is 5.91 Å². The molecule has 1 amide bonds. The van der Waals surface area contributed by atoms with Crippen LogP contribution in [0.4, 0.5) is 0 Å². The molecule has 8 heteroatoms. The fourth-order valence-corrected chi connectivity index (χ4v) is 3.53. The first-order valence-corrected chi connectivity index (χ1v) is 9.45. The van der Waals surface area contributed by atoms with E-state index in [9.17, 15) is 4.79 Å². The highest BCUT2D eigenvalue weighted by molar-refractivity contribution is 5.98. The fraction of sp³-hybridized carbons (Fsp3) is 0.450. The van der Waals surface area contributed by atoms with Gasteiger partial charge in [0.25, 0.3) is 17.7 Å². The maximum Gasteiger partial charge on any atom is 0.278 e. The van der Waals surface area contributed by atoms with Crippen molar-refractivity contribution in [2.75, 3.05) is 20.3 Å². The molecule has 1 aliphatic carbocycles. The monoisotopic (exact) mass is 385 g/mol. The normalized spacial score (nSPS) is 20.9. The molecule has 4 rings (SSSR count). The van der Waals surface area contributed by atoms with Crippen LogP contribution in [0, 0.1) is 0 Å². The van der Waals surface area contributed by atoms with E-state index in [1.807, 2.05) is 6.07 Å². The van der Waals surface area contributed by atoms with Crippen LogP contribution in [0.25, 0.3) is 0 Å². The minimum absolute atomic E-state index is 0.0278. The molecule has 2 aromatic rings. The summed E-state index contributed by atoms with van der Waals surface area (Å²) in [7, 11) is 1.54. The van der Waals surface area contributed by atoms with Gasteiger partial charge in [-0.2, -0.15) is 0 Å². The first-order valence-electron chi connectivity index (χ1n) is 9.45. The number of amides is 1. The smallest absolute Gasteiger partial charge is 0.278 e. The number of nitrogens with zero attached hydrogens (tertiary/aromatic N) is 2. The lowest BCUT2D eigenvalue weighted by atomic mass is 9.92. The molecule has 8 nitrogen and oxygen atoms in total. The number of ether oxygens (including phenoxy) is 4. The number of nitrogens with one attached hydrogen (secondary N) is 1. The first-order chi connectivity index (χ1) is 13.7. The zero-order valence-electron chi connectivity index (χ0n) is 15.7. The summed E-state index contributed by atoms with van der Waals surface area (Å²) in [5.41, 5.74) is 0.514. The van der Waals surface area contributed by atoms with Crippen molar-refractivity contribution in [1.29, 1.82) is 0 Å². The second-order valence-electron chi connectivity index (χ2n) is 6.77. The summed E-state index contributed by atoms with van der Waals surface area (Å²) < 4.78 is 22.3. The quantitative estimate of drug-likeness (QED) is 0.845. The SMILES string of the molecule is COc1nccnc1OC1CCC(NC(=O)c2cccc3c2OCCO3)CC1. The average molecular weight is 385 g/mol. The molecule has 0 bridgehead atoms. The van der Waals surface area contributed by atoms with E-state index < -0.39 is 0 Å². The van der Waals surface area contributed by atoms with E-state index >= 15 is 0 Å². The minimum Gasteiger partial charge on any atom is -0.486 e. The molecule has 1 saturated carbocycles. The summed E-state index contributed by atoms with van der Waals surface area (Å²) >= 11 is 0. The maximum absolute atomic E-state index is 12.7. The van der Waals surface area contributed by atoms with Gasteiger partial charge in [-0.05, 0) is 37.8 Å². The topological polar surface area (TPSA) is 91.8 Å². The summed E-state index contributed by atoms with van der Waals surface area (Å²) in [6, 6.07) is 5.48. The molecule has 1 fully saturated rings. The van der Waals surface area contributed by atoms with Crippen LogP contribution >= 0.6 is 0 Å². The van der Waals surface area contributed by atoms with Crippen molar-refractivity contribution in [3.8, 4) is 23.3 Å². The van der Waals surface area contributed by atoms with Crippen molar-refractivity contribution in [3.63, 3.8) is 0 Å². The van der Waals surface area contributed by atoms with E-state index in [1.54, 1.807) is 31.6 Å². The number of fused-ring (bicyclic) bond motifs is 1. The second-order valence-corrected chi connectivity index (χ2v) is 6.77. The largest absolute Gasteiger partial charge is 0.486 e. The Kier molecular flexibility index (Phi) is 5.45. The zero-order valence-corrected chi connectivity index (χ0v) is 15.7. The van der Waals surface area contributed by atoms with Crippen LogP contribution < -0.4 is 24.3 Å². The lowest BCUT2D eigenvalue weighted by molar-refractivity contribution is 0.0876. The van der Waals surface area contributed by atoms with Crippen molar-refractivity contribution < 1.29 is 23.7 Å². The summed E-state index contributed by atoms with van der Waals surface area (Å²) in [5.74, 6) is 1.80. The molecule has 0 radical (unpaired) electrons. The molecule has 0 saturated heterocycles. The molecule has 1 aliphatic heterocycles. The van der Waals surface area contributed by atoms with E-state index in [-0.39, 0.29) is 18.1 Å². The van der Waals surface area contributed by atoms with Gasteiger partial charge in [-0.1, -0.05) is 6.07 Å². The molecule has 0 spiro atoms. The molecule has 28 heavy (non-hydrogen) atoms. The van der Waals surface area contributed by atoms with Crippen LogP contribution in [-0.4, -0.2) is 48.3 Å². The Morgan fingerprint density at radius 2 is 1.82 bits per heavy atom. The van der Waals surface area contributed by atoms with Crippen molar-refractivity contribution in [2.24, 2.45) is 0 Å². The highest BCUT2D eigenvalue weighted by Crippen LogP contribution is 2.34. The van der Waals surface area contributed by atoms with Crippen molar-refractivity contribution in [1.82, 2.24) is 15.3 Å². The molecular formula is C20H23N3O5. The van der Waals surface area contributed by atoms with Gasteiger partial charge in [0.2, 0.25) is 0 Å². The molecule has 1 aromatic carbocycles. The van der Waals surface area contributed by atoms with E-state index in [4.69, 9.17) is 18.9 Å². The Morgan fingerprint density at radius 1 is 1.07 bits per heavy atom. The molecule has 2 heterocycles. The van der Waals surface area contributed by atoms with Crippen LogP contribution in [0.1, 0.15) is 36.0 Å². The Labute approximate surface area is 163 Å². The average Bonchev–Trinajstić information content (AvgIpc) is 2.75. The molecule has 0 atom stereocenters. The molecule has 148 valence electrons. The number of hydrogen-bond donors (Lipinski definition) is 1. The Bertz CT molecular complexity index is 836. The van der Waals surface area contributed by atoms with Gasteiger partial charge in [0.05, 0.1) is 12.7 Å². The van der Waals surface area contributed by atoms with Gasteiger partial charge in [-0.15, -0.1) is 0 Å². The molecule has 2 aliphatic rings. The number of carbonyl (C=O) groups is 1. The molecule has 1 aromatic heterocycles. The van der Waals surface area contributed by atoms with Gasteiger partial charge < -0.3 is 24.3 Å². The Morgan fingerprint density at radius 3 is 2.61 bits per heavy atom. The lowest BCUT2D eigenvalue weighted by Crippen LogP contribution is -2.40. The third kappa shape index (κ3) is 3.95. The molecule has 0 unspecified atom stereocenters. The van der Waals surface area contributed by atoms with Gasteiger partial charge in [-0.3, -0.25) is 4.79 Å². The lowest BCUT2D eigenvalue weighted by Gasteiger charge is -2.29. The summed E-state index contributed by atoms with van der Waals surface area (Å²) in [4.78, 5) is 21.0. The number of para-hydroxylation sites is 1. The molecular weight excluding hydrogens is 362 g/mol. The number of methoxy groups -OCH3 is 1. The van der Waals surface area contributed by atoms with Gasteiger partial charge in [0.1, 0.15) is 19.3 Å². The van der Waals surface area contributed by atoms with Crippen LogP contribution in [0.2, 0.25) is 0 Å².